The number of benzene rings is 3. The number of amides is 2. The highest BCUT2D eigenvalue weighted by molar-refractivity contribution is 6.30. The van der Waals surface area contributed by atoms with Gasteiger partial charge in [-0.3, -0.25) is 4.90 Å². The molecule has 0 saturated carbocycles. The van der Waals surface area contributed by atoms with Gasteiger partial charge in [0.2, 0.25) is 0 Å². The van der Waals surface area contributed by atoms with Gasteiger partial charge in [-0.1, -0.05) is 84.9 Å². The van der Waals surface area contributed by atoms with Crippen LogP contribution in [0.15, 0.2) is 97.1 Å². The maximum Gasteiger partial charge on any atom is 0.322 e. The molecule has 1 aliphatic rings. The standard InChI is InChI=1S/C30H35ClN4O/c1-24(22-34-19-16-32-17-20-34)23-35(30(36)33-28-14-8-13-27(31)21-28)18-15-29(25-9-4-2-5-10-25)26-11-6-3-7-12-26/h2-14,21,29,32H,1,15-20,22-23H2,(H,33,36). The zero-order valence-electron chi connectivity index (χ0n) is 20.7. The van der Waals surface area contributed by atoms with Gasteiger partial charge >= 0.3 is 6.03 Å². The molecule has 1 heterocycles. The summed E-state index contributed by atoms with van der Waals surface area (Å²) in [6.07, 6.45) is 0.803. The molecule has 0 atom stereocenters. The molecule has 0 spiro atoms. The molecule has 1 fully saturated rings. The number of halogens is 1. The Balaban J connectivity index is 1.50. The fourth-order valence-corrected chi connectivity index (χ4v) is 4.90. The zero-order chi connectivity index (χ0) is 25.2. The number of carbonyl (C=O) groups is 1. The number of carbonyl (C=O) groups excluding carboxylic acids is 1. The highest BCUT2D eigenvalue weighted by atomic mass is 35.5. The highest BCUT2D eigenvalue weighted by Gasteiger charge is 2.21. The SMILES string of the molecule is C=C(CN1CCNCC1)CN(CCC(c1ccccc1)c1ccccc1)C(=O)Nc1cccc(Cl)c1. The van der Waals surface area contributed by atoms with Gasteiger partial charge in [-0.25, -0.2) is 4.79 Å². The van der Waals surface area contributed by atoms with Gasteiger partial charge < -0.3 is 15.5 Å². The van der Waals surface area contributed by atoms with E-state index in [1.807, 2.05) is 29.2 Å². The fourth-order valence-electron chi connectivity index (χ4n) is 4.71. The molecule has 0 aromatic heterocycles. The van der Waals surface area contributed by atoms with E-state index in [4.69, 9.17) is 11.6 Å². The van der Waals surface area contributed by atoms with Crippen LogP contribution in [0.4, 0.5) is 10.5 Å². The molecule has 1 saturated heterocycles. The van der Waals surface area contributed by atoms with Gasteiger partial charge in [-0.2, -0.15) is 0 Å². The van der Waals surface area contributed by atoms with Crippen molar-refractivity contribution in [2.24, 2.45) is 0 Å². The first-order chi connectivity index (χ1) is 17.6. The Morgan fingerprint density at radius 2 is 1.61 bits per heavy atom. The second-order valence-corrected chi connectivity index (χ2v) is 9.74. The molecular weight excluding hydrogens is 468 g/mol. The Morgan fingerprint density at radius 1 is 0.972 bits per heavy atom. The van der Waals surface area contributed by atoms with E-state index in [1.54, 1.807) is 12.1 Å². The normalized spacial score (nSPS) is 13.9. The van der Waals surface area contributed by atoms with E-state index in [-0.39, 0.29) is 11.9 Å². The van der Waals surface area contributed by atoms with E-state index < -0.39 is 0 Å². The lowest BCUT2D eigenvalue weighted by Gasteiger charge is -2.31. The first-order valence-electron chi connectivity index (χ1n) is 12.6. The summed E-state index contributed by atoms with van der Waals surface area (Å²) in [5.41, 5.74) is 4.22. The summed E-state index contributed by atoms with van der Waals surface area (Å²) < 4.78 is 0. The monoisotopic (exact) mass is 502 g/mol. The molecule has 2 amide bonds. The predicted molar refractivity (Wildman–Crippen MR) is 150 cm³/mol. The van der Waals surface area contributed by atoms with Crippen molar-refractivity contribution in [3.63, 3.8) is 0 Å². The minimum absolute atomic E-state index is 0.140. The van der Waals surface area contributed by atoms with Crippen molar-refractivity contribution in [2.75, 3.05) is 51.1 Å². The van der Waals surface area contributed by atoms with Gasteiger partial charge in [0.1, 0.15) is 0 Å². The summed E-state index contributed by atoms with van der Waals surface area (Å²) >= 11 is 6.15. The van der Waals surface area contributed by atoms with Gasteiger partial charge in [0, 0.05) is 62.4 Å². The van der Waals surface area contributed by atoms with Crippen LogP contribution in [0.3, 0.4) is 0 Å². The van der Waals surface area contributed by atoms with Crippen molar-refractivity contribution >= 4 is 23.3 Å². The van der Waals surface area contributed by atoms with E-state index in [1.165, 1.54) is 11.1 Å². The van der Waals surface area contributed by atoms with Gasteiger partial charge in [-0.15, -0.1) is 0 Å². The fraction of sp³-hybridized carbons (Fsp3) is 0.300. The summed E-state index contributed by atoms with van der Waals surface area (Å²) in [4.78, 5) is 17.7. The number of anilines is 1. The van der Waals surface area contributed by atoms with Gasteiger partial charge in [0.05, 0.1) is 0 Å². The molecule has 5 nitrogen and oxygen atoms in total. The Labute approximate surface area is 219 Å². The summed E-state index contributed by atoms with van der Waals surface area (Å²) in [5, 5.41) is 7.01. The topological polar surface area (TPSA) is 47.6 Å². The number of nitrogens with zero attached hydrogens (tertiary/aromatic N) is 2. The van der Waals surface area contributed by atoms with Crippen LogP contribution in [0.2, 0.25) is 5.02 Å². The Bertz CT molecular complexity index is 1080. The largest absolute Gasteiger partial charge is 0.322 e. The molecule has 1 aliphatic heterocycles. The van der Waals surface area contributed by atoms with Crippen LogP contribution in [0, 0.1) is 0 Å². The van der Waals surface area contributed by atoms with E-state index in [0.717, 1.165) is 44.7 Å². The molecule has 0 bridgehead atoms. The minimum Gasteiger partial charge on any atom is -0.320 e. The lowest BCUT2D eigenvalue weighted by Crippen LogP contribution is -2.45. The Morgan fingerprint density at radius 3 is 2.22 bits per heavy atom. The average molecular weight is 503 g/mol. The van der Waals surface area contributed by atoms with Crippen LogP contribution in [-0.4, -0.2) is 61.6 Å². The molecule has 188 valence electrons. The number of hydrogen-bond donors (Lipinski definition) is 2. The number of urea groups is 1. The summed E-state index contributed by atoms with van der Waals surface area (Å²) in [7, 11) is 0. The average Bonchev–Trinajstić information content (AvgIpc) is 2.90. The lowest BCUT2D eigenvalue weighted by atomic mass is 9.88. The van der Waals surface area contributed by atoms with Crippen LogP contribution in [-0.2, 0) is 0 Å². The second-order valence-electron chi connectivity index (χ2n) is 9.30. The summed E-state index contributed by atoms with van der Waals surface area (Å²) in [5.74, 6) is 0.190. The van der Waals surface area contributed by atoms with E-state index in [2.05, 4.69) is 70.6 Å². The number of hydrogen-bond acceptors (Lipinski definition) is 3. The van der Waals surface area contributed by atoms with Gasteiger partial charge in [0.15, 0.2) is 0 Å². The van der Waals surface area contributed by atoms with Crippen molar-refractivity contribution in [1.82, 2.24) is 15.1 Å². The van der Waals surface area contributed by atoms with Gasteiger partial charge in [0.25, 0.3) is 0 Å². The smallest absolute Gasteiger partial charge is 0.320 e. The third-order valence-electron chi connectivity index (χ3n) is 6.53. The van der Waals surface area contributed by atoms with Crippen LogP contribution in [0.1, 0.15) is 23.5 Å². The number of rotatable bonds is 10. The first kappa shape index (κ1) is 26.0. The molecule has 6 heteroatoms. The van der Waals surface area contributed by atoms with Crippen molar-refractivity contribution in [3.05, 3.63) is 113 Å². The van der Waals surface area contributed by atoms with Crippen molar-refractivity contribution in [3.8, 4) is 0 Å². The Hall–Kier alpha value is -3.12. The van der Waals surface area contributed by atoms with E-state index >= 15 is 0 Å². The molecule has 3 aromatic rings. The minimum atomic E-state index is -0.140. The Kier molecular flexibility index (Phi) is 9.56. The van der Waals surface area contributed by atoms with Crippen LogP contribution < -0.4 is 10.6 Å². The molecule has 3 aromatic carbocycles. The number of piperazine rings is 1. The predicted octanol–water partition coefficient (Wildman–Crippen LogP) is 5.86. The maximum atomic E-state index is 13.4. The first-order valence-corrected chi connectivity index (χ1v) is 13.0. The maximum absolute atomic E-state index is 13.4. The van der Waals surface area contributed by atoms with E-state index in [9.17, 15) is 4.79 Å². The van der Waals surface area contributed by atoms with Gasteiger partial charge in [-0.05, 0) is 41.3 Å². The summed E-state index contributed by atoms with van der Waals surface area (Å²) in [6.45, 7) is 10.2. The summed E-state index contributed by atoms with van der Waals surface area (Å²) in [6, 6.07) is 28.1. The van der Waals surface area contributed by atoms with Crippen LogP contribution >= 0.6 is 11.6 Å². The zero-order valence-corrected chi connectivity index (χ0v) is 21.5. The third-order valence-corrected chi connectivity index (χ3v) is 6.76. The molecular formula is C30H35ClN4O. The van der Waals surface area contributed by atoms with Crippen molar-refractivity contribution in [2.45, 2.75) is 12.3 Å². The number of nitrogens with one attached hydrogen (secondary N) is 2. The molecule has 36 heavy (non-hydrogen) atoms. The highest BCUT2D eigenvalue weighted by Crippen LogP contribution is 2.28. The second kappa shape index (κ2) is 13.3. The molecule has 4 rings (SSSR count). The quantitative estimate of drug-likeness (QED) is 0.341. The molecule has 0 aliphatic carbocycles. The third kappa shape index (κ3) is 7.69. The molecule has 2 N–H and O–H groups in total. The van der Waals surface area contributed by atoms with Crippen molar-refractivity contribution < 1.29 is 4.79 Å². The lowest BCUT2D eigenvalue weighted by molar-refractivity contribution is 0.210. The van der Waals surface area contributed by atoms with Crippen LogP contribution in [0.25, 0.3) is 0 Å². The molecule has 0 radical (unpaired) electrons. The molecule has 0 unspecified atom stereocenters. The van der Waals surface area contributed by atoms with Crippen molar-refractivity contribution in [1.29, 1.82) is 0 Å². The van der Waals surface area contributed by atoms with Crippen LogP contribution in [0.5, 0.6) is 0 Å². The van der Waals surface area contributed by atoms with E-state index in [0.29, 0.717) is 23.8 Å².